The minimum absolute atomic E-state index is 0.128. The fourth-order valence-corrected chi connectivity index (χ4v) is 3.42. The van der Waals surface area contributed by atoms with Crippen molar-refractivity contribution in [3.8, 4) is 11.4 Å². The topological polar surface area (TPSA) is 94.3 Å². The average molecular weight is 433 g/mol. The fraction of sp³-hybridized carbons (Fsp3) is 0.130. The van der Waals surface area contributed by atoms with Gasteiger partial charge in [-0.3, -0.25) is 9.59 Å². The molecule has 2 aromatic carbocycles. The average Bonchev–Trinajstić information content (AvgIpc) is 3.49. The second kappa shape index (κ2) is 9.82. The number of carbonyl (C=O) groups is 2. The second-order valence-electron chi connectivity index (χ2n) is 6.70. The summed E-state index contributed by atoms with van der Waals surface area (Å²) >= 11 is 1.55. The van der Waals surface area contributed by atoms with Gasteiger partial charge in [-0.15, -0.1) is 0 Å². The van der Waals surface area contributed by atoms with E-state index in [-0.39, 0.29) is 24.9 Å². The smallest absolute Gasteiger partial charge is 0.306 e. The van der Waals surface area contributed by atoms with Crippen LogP contribution in [0.3, 0.4) is 0 Å². The van der Waals surface area contributed by atoms with Crippen LogP contribution in [0.2, 0.25) is 0 Å². The molecule has 0 unspecified atom stereocenters. The van der Waals surface area contributed by atoms with Gasteiger partial charge in [0, 0.05) is 28.6 Å². The van der Waals surface area contributed by atoms with Gasteiger partial charge in [-0.2, -0.15) is 16.3 Å². The third kappa shape index (κ3) is 5.64. The number of nitrogens with zero attached hydrogens (tertiary/aromatic N) is 2. The molecule has 0 spiro atoms. The predicted molar refractivity (Wildman–Crippen MR) is 117 cm³/mol. The van der Waals surface area contributed by atoms with Crippen LogP contribution in [0.4, 0.5) is 5.69 Å². The van der Waals surface area contributed by atoms with Crippen LogP contribution in [-0.2, 0) is 22.6 Å². The zero-order chi connectivity index (χ0) is 21.5. The first-order chi connectivity index (χ1) is 15.2. The molecular weight excluding hydrogens is 414 g/mol. The van der Waals surface area contributed by atoms with Crippen molar-refractivity contribution in [2.24, 2.45) is 0 Å². The first-order valence-electron chi connectivity index (χ1n) is 9.63. The van der Waals surface area contributed by atoms with Gasteiger partial charge in [0.25, 0.3) is 5.91 Å². The van der Waals surface area contributed by atoms with Crippen LogP contribution in [0.15, 0.2) is 75.9 Å². The van der Waals surface area contributed by atoms with E-state index in [0.29, 0.717) is 23.7 Å². The molecule has 156 valence electrons. The third-order valence-corrected chi connectivity index (χ3v) is 5.12. The van der Waals surface area contributed by atoms with Crippen LogP contribution in [0.1, 0.15) is 28.2 Å². The van der Waals surface area contributed by atoms with Gasteiger partial charge in [0.15, 0.2) is 0 Å². The molecule has 1 N–H and O–H groups in total. The molecule has 2 heterocycles. The van der Waals surface area contributed by atoms with Crippen LogP contribution in [-0.4, -0.2) is 22.0 Å². The first kappa shape index (κ1) is 20.5. The van der Waals surface area contributed by atoms with Crippen LogP contribution in [0, 0.1) is 0 Å². The number of hydrogen-bond donors (Lipinski definition) is 1. The monoisotopic (exact) mass is 433 g/mol. The number of benzene rings is 2. The molecule has 0 aliphatic rings. The van der Waals surface area contributed by atoms with E-state index in [1.165, 1.54) is 0 Å². The van der Waals surface area contributed by atoms with Crippen LogP contribution in [0.25, 0.3) is 11.4 Å². The largest absolute Gasteiger partial charge is 0.461 e. The highest BCUT2D eigenvalue weighted by Gasteiger charge is 2.12. The van der Waals surface area contributed by atoms with Gasteiger partial charge in [0.1, 0.15) is 6.61 Å². The molecule has 0 saturated carbocycles. The lowest BCUT2D eigenvalue weighted by molar-refractivity contribution is -0.145. The summed E-state index contributed by atoms with van der Waals surface area (Å²) in [5.41, 5.74) is 2.94. The van der Waals surface area contributed by atoms with Crippen LogP contribution < -0.4 is 5.32 Å². The molecule has 0 aliphatic carbocycles. The molecule has 4 aromatic rings. The van der Waals surface area contributed by atoms with Crippen molar-refractivity contribution < 1.29 is 18.8 Å². The number of thiophene rings is 1. The zero-order valence-electron chi connectivity index (χ0n) is 16.5. The molecule has 8 heteroatoms. The van der Waals surface area contributed by atoms with Crippen molar-refractivity contribution in [1.29, 1.82) is 0 Å². The standard InChI is InChI=1S/C23H19N3O4S/c27-21(11-10-20-25-22(26-30-20)18-12-13-31-15-18)29-14-16-6-8-17(9-7-16)23(28)24-19-4-2-1-3-5-19/h1-9,12-13,15H,10-11,14H2,(H,24,28). The fourth-order valence-electron chi connectivity index (χ4n) is 2.79. The van der Waals surface area contributed by atoms with Gasteiger partial charge in [0.05, 0.1) is 6.42 Å². The maximum atomic E-state index is 12.3. The van der Waals surface area contributed by atoms with Crippen molar-refractivity contribution in [1.82, 2.24) is 10.1 Å². The van der Waals surface area contributed by atoms with E-state index >= 15 is 0 Å². The lowest BCUT2D eigenvalue weighted by Gasteiger charge is -2.07. The Balaban J connectivity index is 1.22. The van der Waals surface area contributed by atoms with Crippen molar-refractivity contribution in [3.63, 3.8) is 0 Å². The van der Waals surface area contributed by atoms with Gasteiger partial charge in [-0.05, 0) is 41.3 Å². The number of aromatic nitrogens is 2. The van der Waals surface area contributed by atoms with E-state index in [0.717, 1.165) is 16.8 Å². The summed E-state index contributed by atoms with van der Waals surface area (Å²) in [6.45, 7) is 0.128. The molecule has 31 heavy (non-hydrogen) atoms. The Bertz CT molecular complexity index is 1140. The van der Waals surface area contributed by atoms with Gasteiger partial charge in [-0.25, -0.2) is 0 Å². The molecule has 4 rings (SSSR count). The molecule has 1 amide bonds. The zero-order valence-corrected chi connectivity index (χ0v) is 17.3. The number of hydrogen-bond acceptors (Lipinski definition) is 7. The highest BCUT2D eigenvalue weighted by molar-refractivity contribution is 7.08. The Morgan fingerprint density at radius 1 is 1.03 bits per heavy atom. The number of para-hydroxylation sites is 1. The Kier molecular flexibility index (Phi) is 6.49. The van der Waals surface area contributed by atoms with E-state index < -0.39 is 0 Å². The summed E-state index contributed by atoms with van der Waals surface area (Å²) < 4.78 is 10.5. The van der Waals surface area contributed by atoms with Crippen molar-refractivity contribution in [2.75, 3.05) is 5.32 Å². The maximum Gasteiger partial charge on any atom is 0.306 e. The van der Waals surface area contributed by atoms with Crippen molar-refractivity contribution >= 4 is 28.9 Å². The van der Waals surface area contributed by atoms with Crippen molar-refractivity contribution in [2.45, 2.75) is 19.4 Å². The Labute approximate surface area is 182 Å². The summed E-state index contributed by atoms with van der Waals surface area (Å²) in [7, 11) is 0. The SMILES string of the molecule is O=C(CCc1nc(-c2ccsc2)no1)OCc1ccc(C(=O)Nc2ccccc2)cc1. The lowest BCUT2D eigenvalue weighted by atomic mass is 10.1. The van der Waals surface area contributed by atoms with E-state index in [1.54, 1.807) is 35.6 Å². The minimum Gasteiger partial charge on any atom is -0.461 e. The van der Waals surface area contributed by atoms with Crippen molar-refractivity contribution in [3.05, 3.63) is 88.4 Å². The molecule has 0 bridgehead atoms. The quantitative estimate of drug-likeness (QED) is 0.404. The van der Waals surface area contributed by atoms with Crippen LogP contribution in [0.5, 0.6) is 0 Å². The maximum absolute atomic E-state index is 12.3. The lowest BCUT2D eigenvalue weighted by Crippen LogP contribution is -2.12. The molecule has 0 atom stereocenters. The Morgan fingerprint density at radius 2 is 1.84 bits per heavy atom. The predicted octanol–water partition coefficient (Wildman–Crippen LogP) is 4.73. The first-order valence-corrected chi connectivity index (χ1v) is 10.6. The normalized spacial score (nSPS) is 10.6. The van der Waals surface area contributed by atoms with Gasteiger partial charge in [-0.1, -0.05) is 35.5 Å². The number of nitrogens with one attached hydrogen (secondary N) is 1. The van der Waals surface area contributed by atoms with Gasteiger partial charge in [0.2, 0.25) is 11.7 Å². The molecule has 7 nitrogen and oxygen atoms in total. The number of carbonyl (C=O) groups excluding carboxylic acids is 2. The highest BCUT2D eigenvalue weighted by atomic mass is 32.1. The number of anilines is 1. The van der Waals surface area contributed by atoms with Gasteiger partial charge < -0.3 is 14.6 Å². The molecule has 0 aliphatic heterocycles. The van der Waals surface area contributed by atoms with Crippen LogP contribution >= 0.6 is 11.3 Å². The minimum atomic E-state index is -0.360. The Hall–Kier alpha value is -3.78. The van der Waals surface area contributed by atoms with E-state index in [4.69, 9.17) is 9.26 Å². The molecule has 0 fully saturated rings. The summed E-state index contributed by atoms with van der Waals surface area (Å²) in [5.74, 6) is 0.352. The summed E-state index contributed by atoms with van der Waals surface area (Å²) in [4.78, 5) is 28.6. The summed E-state index contributed by atoms with van der Waals surface area (Å²) in [6.07, 6.45) is 0.456. The highest BCUT2D eigenvalue weighted by Crippen LogP contribution is 2.19. The molecule has 0 radical (unpaired) electrons. The number of esters is 1. The molecule has 0 saturated heterocycles. The number of ether oxygens (including phenoxy) is 1. The number of amides is 1. The third-order valence-electron chi connectivity index (χ3n) is 4.44. The van der Waals surface area contributed by atoms with E-state index in [2.05, 4.69) is 15.5 Å². The Morgan fingerprint density at radius 3 is 2.58 bits per heavy atom. The van der Waals surface area contributed by atoms with Gasteiger partial charge >= 0.3 is 5.97 Å². The molecular formula is C23H19N3O4S. The van der Waals surface area contributed by atoms with E-state index in [9.17, 15) is 9.59 Å². The summed E-state index contributed by atoms with van der Waals surface area (Å²) in [6, 6.07) is 18.1. The number of rotatable bonds is 8. The van der Waals surface area contributed by atoms with E-state index in [1.807, 2.05) is 47.2 Å². The number of aryl methyl sites for hydroxylation is 1. The molecule has 2 aromatic heterocycles. The summed E-state index contributed by atoms with van der Waals surface area (Å²) in [5, 5.41) is 10.6. The second-order valence-corrected chi connectivity index (χ2v) is 7.48.